The number of aldehydes is 1. The van der Waals surface area contributed by atoms with Crippen LogP contribution in [0.3, 0.4) is 0 Å². The third-order valence-corrected chi connectivity index (χ3v) is 3.64. The Kier molecular flexibility index (Phi) is 3.25. The highest BCUT2D eigenvalue weighted by atomic mass is 19.1. The monoisotopic (exact) mass is 259 g/mol. The maximum atomic E-state index is 13.4. The highest BCUT2D eigenvalue weighted by Crippen LogP contribution is 2.32. The van der Waals surface area contributed by atoms with Crippen LogP contribution in [0.25, 0.3) is 10.9 Å². The van der Waals surface area contributed by atoms with Crippen LogP contribution in [0.15, 0.2) is 30.5 Å². The molecule has 1 fully saturated rings. The van der Waals surface area contributed by atoms with Crippen molar-refractivity contribution in [1.29, 1.82) is 0 Å². The Balaban J connectivity index is 1.96. The summed E-state index contributed by atoms with van der Waals surface area (Å²) in [5, 5.41) is 0.834. The lowest BCUT2D eigenvalue weighted by molar-refractivity contribution is -0.121. The minimum Gasteiger partial charge on any atom is -0.370 e. The minimum absolute atomic E-state index is 0.198. The van der Waals surface area contributed by atoms with Crippen molar-refractivity contribution in [2.45, 2.75) is 24.9 Å². The fourth-order valence-electron chi connectivity index (χ4n) is 2.62. The summed E-state index contributed by atoms with van der Waals surface area (Å²) in [7, 11) is 0. The smallest absolute Gasteiger partial charge is 0.148 e. The summed E-state index contributed by atoms with van der Waals surface area (Å²) in [6, 6.07) is 6.53. The van der Waals surface area contributed by atoms with Gasteiger partial charge in [0, 0.05) is 17.5 Å². The number of nitrogens with zero attached hydrogens (tertiary/aromatic N) is 1. The van der Waals surface area contributed by atoms with Crippen LogP contribution in [0, 0.1) is 5.82 Å². The normalized spacial score (nSPS) is 23.4. The van der Waals surface area contributed by atoms with Crippen LogP contribution in [0.1, 0.15) is 24.3 Å². The minimum atomic E-state index is -0.291. The van der Waals surface area contributed by atoms with Crippen molar-refractivity contribution in [3.05, 3.63) is 41.8 Å². The second kappa shape index (κ2) is 5.05. The van der Waals surface area contributed by atoms with Crippen LogP contribution in [0.2, 0.25) is 0 Å². The van der Waals surface area contributed by atoms with Gasteiger partial charge in [-0.15, -0.1) is 0 Å². The zero-order valence-electron chi connectivity index (χ0n) is 10.4. The van der Waals surface area contributed by atoms with Gasteiger partial charge >= 0.3 is 0 Å². The number of ether oxygens (including phenoxy) is 1. The molecule has 3 rings (SSSR count). The largest absolute Gasteiger partial charge is 0.370 e. The van der Waals surface area contributed by atoms with Crippen LogP contribution >= 0.6 is 0 Å². The van der Waals surface area contributed by atoms with E-state index in [1.807, 2.05) is 6.07 Å². The predicted octanol–water partition coefficient (Wildman–Crippen LogP) is 2.84. The van der Waals surface area contributed by atoms with Gasteiger partial charge in [-0.25, -0.2) is 4.39 Å². The number of benzene rings is 1. The van der Waals surface area contributed by atoms with E-state index in [1.54, 1.807) is 12.3 Å². The van der Waals surface area contributed by atoms with Gasteiger partial charge in [0.05, 0.1) is 12.1 Å². The molecule has 2 unspecified atom stereocenters. The molecule has 4 heteroatoms. The first-order valence-electron chi connectivity index (χ1n) is 6.39. The predicted molar refractivity (Wildman–Crippen MR) is 69.5 cm³/mol. The first kappa shape index (κ1) is 12.2. The van der Waals surface area contributed by atoms with E-state index in [0.29, 0.717) is 13.0 Å². The molecule has 0 saturated carbocycles. The van der Waals surface area contributed by atoms with Crippen LogP contribution in [-0.2, 0) is 9.53 Å². The van der Waals surface area contributed by atoms with Gasteiger partial charge in [0.2, 0.25) is 0 Å². The molecule has 0 spiro atoms. The Labute approximate surface area is 110 Å². The Hall–Kier alpha value is -1.81. The molecule has 1 aromatic carbocycles. The number of carbonyl (C=O) groups is 1. The Morgan fingerprint density at radius 3 is 2.95 bits per heavy atom. The van der Waals surface area contributed by atoms with Crippen molar-refractivity contribution in [2.24, 2.45) is 0 Å². The average Bonchev–Trinajstić information content (AvgIpc) is 2.47. The van der Waals surface area contributed by atoms with Gasteiger partial charge in [-0.05, 0) is 42.7 Å². The molecule has 1 aliphatic rings. The van der Waals surface area contributed by atoms with Crippen LogP contribution < -0.4 is 0 Å². The van der Waals surface area contributed by atoms with Gasteiger partial charge in [0.15, 0.2) is 0 Å². The molecule has 1 saturated heterocycles. The summed E-state index contributed by atoms with van der Waals surface area (Å²) in [4.78, 5) is 14.9. The maximum absolute atomic E-state index is 13.4. The SMILES string of the molecule is O=CC1CCC(c2ccnc3ccc(F)cc23)CO1. The second-order valence-corrected chi connectivity index (χ2v) is 4.84. The topological polar surface area (TPSA) is 39.2 Å². The zero-order valence-corrected chi connectivity index (χ0v) is 10.4. The van der Waals surface area contributed by atoms with Crippen molar-refractivity contribution < 1.29 is 13.9 Å². The summed E-state index contributed by atoms with van der Waals surface area (Å²) in [5.74, 6) is -0.0623. The number of halogens is 1. The molecule has 0 amide bonds. The number of fused-ring (bicyclic) bond motifs is 1. The molecule has 2 atom stereocenters. The third kappa shape index (κ3) is 2.36. The molecule has 2 heterocycles. The molecule has 0 aliphatic carbocycles. The lowest BCUT2D eigenvalue weighted by atomic mass is 9.89. The van der Waals surface area contributed by atoms with E-state index < -0.39 is 0 Å². The number of hydrogen-bond acceptors (Lipinski definition) is 3. The van der Waals surface area contributed by atoms with Crippen LogP contribution in [0.5, 0.6) is 0 Å². The molecule has 19 heavy (non-hydrogen) atoms. The molecule has 0 bridgehead atoms. The molecule has 1 aromatic heterocycles. The number of hydrogen-bond donors (Lipinski definition) is 0. The van der Waals surface area contributed by atoms with Gasteiger partial charge < -0.3 is 9.53 Å². The van der Waals surface area contributed by atoms with E-state index >= 15 is 0 Å². The highest BCUT2D eigenvalue weighted by Gasteiger charge is 2.23. The fraction of sp³-hybridized carbons (Fsp3) is 0.333. The number of carbonyl (C=O) groups excluding carboxylic acids is 1. The molecule has 1 aliphatic heterocycles. The summed E-state index contributed by atoms with van der Waals surface area (Å²) >= 11 is 0. The number of aromatic nitrogens is 1. The van der Waals surface area contributed by atoms with E-state index in [2.05, 4.69) is 4.98 Å². The van der Waals surface area contributed by atoms with Gasteiger partial charge in [0.1, 0.15) is 18.2 Å². The van der Waals surface area contributed by atoms with Crippen LogP contribution in [-0.4, -0.2) is 24.0 Å². The van der Waals surface area contributed by atoms with Gasteiger partial charge in [-0.1, -0.05) is 0 Å². The lowest BCUT2D eigenvalue weighted by Gasteiger charge is -2.27. The first-order chi connectivity index (χ1) is 9.28. The van der Waals surface area contributed by atoms with E-state index in [9.17, 15) is 9.18 Å². The Morgan fingerprint density at radius 2 is 2.21 bits per heavy atom. The van der Waals surface area contributed by atoms with Gasteiger partial charge in [-0.3, -0.25) is 4.98 Å². The second-order valence-electron chi connectivity index (χ2n) is 4.84. The van der Waals surface area contributed by atoms with E-state index in [0.717, 1.165) is 29.2 Å². The summed E-state index contributed by atoms with van der Waals surface area (Å²) in [6.07, 6.45) is 3.88. The number of rotatable bonds is 2. The van der Waals surface area contributed by atoms with Crippen LogP contribution in [0.4, 0.5) is 4.39 Å². The lowest BCUT2D eigenvalue weighted by Crippen LogP contribution is -2.25. The summed E-state index contributed by atoms with van der Waals surface area (Å²) in [5.41, 5.74) is 1.84. The summed E-state index contributed by atoms with van der Waals surface area (Å²) < 4.78 is 18.9. The molecular weight excluding hydrogens is 245 g/mol. The van der Waals surface area contributed by atoms with Crippen molar-refractivity contribution >= 4 is 17.2 Å². The molecule has 98 valence electrons. The maximum Gasteiger partial charge on any atom is 0.148 e. The highest BCUT2D eigenvalue weighted by molar-refractivity contribution is 5.82. The summed E-state index contributed by atoms with van der Waals surface area (Å²) in [6.45, 7) is 0.499. The standard InChI is InChI=1S/C15H14FNO2/c16-11-2-4-15-14(7-11)13(5-6-17-15)10-1-3-12(8-18)19-9-10/h2,4-8,10,12H,1,3,9H2. The quantitative estimate of drug-likeness (QED) is 0.778. The van der Waals surface area contributed by atoms with Crippen molar-refractivity contribution in [3.63, 3.8) is 0 Å². The van der Waals surface area contributed by atoms with Gasteiger partial charge in [0.25, 0.3) is 0 Å². The first-order valence-corrected chi connectivity index (χ1v) is 6.39. The number of pyridine rings is 1. The van der Waals surface area contributed by atoms with Crippen molar-refractivity contribution in [3.8, 4) is 0 Å². The van der Waals surface area contributed by atoms with Crippen molar-refractivity contribution in [2.75, 3.05) is 6.61 Å². The fourth-order valence-corrected chi connectivity index (χ4v) is 2.62. The zero-order chi connectivity index (χ0) is 13.2. The molecule has 3 nitrogen and oxygen atoms in total. The molecule has 2 aromatic rings. The van der Waals surface area contributed by atoms with E-state index in [4.69, 9.17) is 4.74 Å². The Bertz CT molecular complexity index is 606. The third-order valence-electron chi connectivity index (χ3n) is 3.64. The van der Waals surface area contributed by atoms with Gasteiger partial charge in [-0.2, -0.15) is 0 Å². The Morgan fingerprint density at radius 1 is 1.32 bits per heavy atom. The van der Waals surface area contributed by atoms with Crippen molar-refractivity contribution in [1.82, 2.24) is 4.98 Å². The molecule has 0 radical (unpaired) electrons. The van der Waals surface area contributed by atoms with E-state index in [1.165, 1.54) is 12.1 Å². The molecule has 0 N–H and O–H groups in total. The average molecular weight is 259 g/mol. The molecular formula is C15H14FNO2. The van der Waals surface area contributed by atoms with E-state index in [-0.39, 0.29) is 17.8 Å².